The van der Waals surface area contributed by atoms with Gasteiger partial charge in [0.25, 0.3) is 0 Å². The van der Waals surface area contributed by atoms with Crippen LogP contribution in [0.4, 0.5) is 0 Å². The first-order valence-corrected chi connectivity index (χ1v) is 5.26. The molecule has 0 radical (unpaired) electrons. The van der Waals surface area contributed by atoms with E-state index in [9.17, 15) is 4.79 Å². The van der Waals surface area contributed by atoms with Crippen LogP contribution in [0, 0.1) is 11.3 Å². The summed E-state index contributed by atoms with van der Waals surface area (Å²) in [6.07, 6.45) is 5.55. The van der Waals surface area contributed by atoms with Gasteiger partial charge in [-0.2, -0.15) is 5.26 Å². The summed E-state index contributed by atoms with van der Waals surface area (Å²) < 4.78 is 3.69. The molecule has 1 heterocycles. The number of nitriles is 1. The molecule has 0 aliphatic heterocycles. The molecular weight excluding hydrogens is 214 g/mol. The summed E-state index contributed by atoms with van der Waals surface area (Å²) in [7, 11) is 0. The first-order valence-electron chi connectivity index (χ1n) is 5.26. The third-order valence-corrected chi connectivity index (χ3v) is 2.52. The molecule has 84 valence electrons. The predicted octanol–water partition coefficient (Wildman–Crippen LogP) is 1.49. The Bertz CT molecular complexity index is 575. The lowest BCUT2D eigenvalue weighted by atomic mass is 10.1. The lowest BCUT2D eigenvalue weighted by molar-refractivity contribution is -0.684. The maximum absolute atomic E-state index is 11.1. The highest BCUT2D eigenvalue weighted by Crippen LogP contribution is 2.09. The van der Waals surface area contributed by atoms with Gasteiger partial charge in [-0.3, -0.25) is 4.79 Å². The monoisotopic (exact) mass is 226 g/mol. The lowest BCUT2D eigenvalue weighted by Crippen LogP contribution is -2.29. The van der Waals surface area contributed by atoms with E-state index in [4.69, 9.17) is 5.26 Å². The van der Waals surface area contributed by atoms with E-state index in [-0.39, 0.29) is 5.78 Å². The minimum absolute atomic E-state index is 0.0589. The van der Waals surface area contributed by atoms with Crippen LogP contribution in [0.5, 0.6) is 0 Å². The number of Topliss-reactive ketones (excluding diaryl/α,β-unsaturated/α-hetero) is 1. The first-order chi connectivity index (χ1) is 8.20. The first kappa shape index (κ1) is 11.1. The fraction of sp³-hybridized carbons (Fsp3) is 0.154. The molecule has 0 amide bonds. The van der Waals surface area contributed by atoms with Crippen molar-refractivity contribution < 1.29 is 9.36 Å². The molecule has 0 bridgehead atoms. The highest BCUT2D eigenvalue weighted by molar-refractivity contribution is 5.94. The zero-order chi connectivity index (χ0) is 12.3. The quantitative estimate of drug-likeness (QED) is 0.588. The second-order valence-electron chi connectivity index (χ2n) is 3.75. The van der Waals surface area contributed by atoms with Gasteiger partial charge in [-0.15, -0.1) is 0 Å². The van der Waals surface area contributed by atoms with Crippen molar-refractivity contribution in [2.75, 3.05) is 0 Å². The summed E-state index contributed by atoms with van der Waals surface area (Å²) in [5.74, 6) is 0.0589. The van der Waals surface area contributed by atoms with E-state index in [1.54, 1.807) is 23.6 Å². The third-order valence-electron chi connectivity index (χ3n) is 2.52. The molecular formula is C13H12N3O+. The van der Waals surface area contributed by atoms with Crippen molar-refractivity contribution in [2.45, 2.75) is 13.5 Å². The molecule has 17 heavy (non-hydrogen) atoms. The van der Waals surface area contributed by atoms with E-state index in [0.29, 0.717) is 12.1 Å². The van der Waals surface area contributed by atoms with Gasteiger partial charge in [-0.1, -0.05) is 0 Å². The van der Waals surface area contributed by atoms with Crippen LogP contribution in [-0.4, -0.2) is 10.4 Å². The predicted molar refractivity (Wildman–Crippen MR) is 61.6 cm³/mol. The molecule has 0 saturated heterocycles. The Morgan fingerprint density at radius 2 is 2.12 bits per heavy atom. The number of imidazole rings is 1. The van der Waals surface area contributed by atoms with Gasteiger partial charge in [-0.25, -0.2) is 9.13 Å². The topological polar surface area (TPSA) is 49.7 Å². The van der Waals surface area contributed by atoms with Crippen LogP contribution in [0.2, 0.25) is 0 Å². The average Bonchev–Trinajstić information content (AvgIpc) is 2.78. The Balaban J connectivity index is 2.27. The summed E-state index contributed by atoms with van der Waals surface area (Å²) in [5.41, 5.74) is 1.66. The molecule has 0 spiro atoms. The minimum atomic E-state index is 0.0589. The number of hydrogen-bond acceptors (Lipinski definition) is 2. The molecule has 0 aliphatic rings. The Hall–Kier alpha value is -2.41. The van der Waals surface area contributed by atoms with Crippen LogP contribution < -0.4 is 4.57 Å². The average molecular weight is 226 g/mol. The van der Waals surface area contributed by atoms with Crippen molar-refractivity contribution in [2.24, 2.45) is 0 Å². The second-order valence-corrected chi connectivity index (χ2v) is 3.75. The molecule has 0 unspecified atom stereocenters. The fourth-order valence-electron chi connectivity index (χ4n) is 1.59. The molecule has 2 aromatic rings. The van der Waals surface area contributed by atoms with Crippen molar-refractivity contribution >= 4 is 5.78 Å². The number of rotatable bonds is 3. The second kappa shape index (κ2) is 4.62. The van der Waals surface area contributed by atoms with E-state index in [1.807, 2.05) is 35.4 Å². The van der Waals surface area contributed by atoms with Gasteiger partial charge in [0.05, 0.1) is 0 Å². The van der Waals surface area contributed by atoms with Gasteiger partial charge >= 0.3 is 0 Å². The minimum Gasteiger partial charge on any atom is -0.295 e. The van der Waals surface area contributed by atoms with Crippen molar-refractivity contribution in [3.63, 3.8) is 0 Å². The van der Waals surface area contributed by atoms with E-state index in [0.717, 1.165) is 5.69 Å². The molecule has 1 aromatic carbocycles. The molecule has 0 atom stereocenters. The lowest BCUT2D eigenvalue weighted by Gasteiger charge is -1.97. The zero-order valence-corrected chi connectivity index (χ0v) is 9.50. The van der Waals surface area contributed by atoms with Gasteiger partial charge in [0.15, 0.2) is 12.3 Å². The normalized spacial score (nSPS) is 9.88. The number of aromatic nitrogens is 2. The highest BCUT2D eigenvalue weighted by atomic mass is 16.1. The van der Waals surface area contributed by atoms with Gasteiger partial charge in [0.2, 0.25) is 6.33 Å². The molecule has 0 fully saturated rings. The Labute approximate surface area is 99.4 Å². The fourth-order valence-corrected chi connectivity index (χ4v) is 1.59. The summed E-state index contributed by atoms with van der Waals surface area (Å²) in [5, 5.41) is 8.58. The number of hydrogen-bond donors (Lipinski definition) is 0. The summed E-state index contributed by atoms with van der Waals surface area (Å²) in [6.45, 7) is 1.88. The summed E-state index contributed by atoms with van der Waals surface area (Å²) in [4.78, 5) is 11.1. The number of ketones is 1. The number of carbonyl (C=O) groups is 1. The summed E-state index contributed by atoms with van der Waals surface area (Å²) in [6, 6.07) is 9.44. The van der Waals surface area contributed by atoms with E-state index in [1.165, 1.54) is 0 Å². The maximum atomic E-state index is 11.1. The van der Waals surface area contributed by atoms with Gasteiger partial charge in [0.1, 0.15) is 24.2 Å². The third kappa shape index (κ3) is 2.40. The Kier molecular flexibility index (Phi) is 3.01. The molecule has 4 heteroatoms. The zero-order valence-electron chi connectivity index (χ0n) is 9.50. The van der Waals surface area contributed by atoms with Crippen LogP contribution in [0.15, 0.2) is 43.0 Å². The molecule has 2 rings (SSSR count). The molecule has 0 aliphatic carbocycles. The largest absolute Gasteiger partial charge is 0.295 e. The summed E-state index contributed by atoms with van der Waals surface area (Å²) >= 11 is 0. The standard InChI is InChI=1S/C13H12N3O/c1-11(17)12-2-4-13(5-3-12)16-9-8-15(10-16)7-6-14/h2-5,8-10H,7H2,1H3/q+1. The van der Waals surface area contributed by atoms with Crippen molar-refractivity contribution in [1.29, 1.82) is 5.26 Å². The van der Waals surface area contributed by atoms with Crippen molar-refractivity contribution in [1.82, 2.24) is 4.57 Å². The van der Waals surface area contributed by atoms with Crippen molar-refractivity contribution in [3.8, 4) is 11.8 Å². The molecule has 1 aromatic heterocycles. The van der Waals surface area contributed by atoms with Crippen LogP contribution in [0.25, 0.3) is 5.69 Å². The number of nitrogens with zero attached hydrogens (tertiary/aromatic N) is 3. The molecule has 0 saturated carbocycles. The SMILES string of the molecule is CC(=O)c1ccc(-n2cc[n+](CC#N)c2)cc1. The van der Waals surface area contributed by atoms with Crippen LogP contribution >= 0.6 is 0 Å². The van der Waals surface area contributed by atoms with Gasteiger partial charge < -0.3 is 0 Å². The van der Waals surface area contributed by atoms with E-state index < -0.39 is 0 Å². The van der Waals surface area contributed by atoms with Gasteiger partial charge in [-0.05, 0) is 31.2 Å². The van der Waals surface area contributed by atoms with Crippen LogP contribution in [-0.2, 0) is 6.54 Å². The number of benzene rings is 1. The molecule has 0 N–H and O–H groups in total. The smallest absolute Gasteiger partial charge is 0.249 e. The highest BCUT2D eigenvalue weighted by Gasteiger charge is 2.06. The van der Waals surface area contributed by atoms with Crippen LogP contribution in [0.3, 0.4) is 0 Å². The van der Waals surface area contributed by atoms with E-state index in [2.05, 4.69) is 6.07 Å². The van der Waals surface area contributed by atoms with Crippen LogP contribution in [0.1, 0.15) is 17.3 Å². The van der Waals surface area contributed by atoms with E-state index >= 15 is 0 Å². The number of carbonyl (C=O) groups excluding carboxylic acids is 1. The maximum Gasteiger partial charge on any atom is 0.249 e. The van der Waals surface area contributed by atoms with Gasteiger partial charge in [0, 0.05) is 5.56 Å². The molecule has 4 nitrogen and oxygen atoms in total. The Morgan fingerprint density at radius 1 is 1.41 bits per heavy atom. The van der Waals surface area contributed by atoms with Crippen molar-refractivity contribution in [3.05, 3.63) is 48.5 Å². The Morgan fingerprint density at radius 3 is 2.71 bits per heavy atom.